The van der Waals surface area contributed by atoms with Gasteiger partial charge in [0, 0.05) is 67.6 Å². The molecule has 0 amide bonds. The molecular weight excluding hydrogens is 1120 g/mol. The summed E-state index contributed by atoms with van der Waals surface area (Å²) in [5, 5.41) is 0. The molecule has 0 spiro atoms. The van der Waals surface area contributed by atoms with Crippen molar-refractivity contribution < 1.29 is 0 Å². The fourth-order valence-corrected chi connectivity index (χ4v) is 18.2. The molecule has 4 aliphatic heterocycles. The molecule has 5 heteroatoms. The van der Waals surface area contributed by atoms with Crippen molar-refractivity contribution in [2.75, 3.05) is 19.6 Å². The topological polar surface area (TPSA) is 13.0 Å². The summed E-state index contributed by atoms with van der Waals surface area (Å²) in [5.74, 6) is 0. The van der Waals surface area contributed by atoms with E-state index in [1.807, 2.05) is 0 Å². The molecule has 0 bridgehead atoms. The second-order valence-corrected chi connectivity index (χ2v) is 34.9. The molecule has 9 aromatic rings. The van der Waals surface area contributed by atoms with Crippen LogP contribution in [0.2, 0.25) is 0 Å². The van der Waals surface area contributed by atoms with Gasteiger partial charge in [0.1, 0.15) is 0 Å². The van der Waals surface area contributed by atoms with Crippen molar-refractivity contribution in [1.82, 2.24) is 0 Å². The number of aryl methyl sites for hydroxylation is 1. The van der Waals surface area contributed by atoms with E-state index in [-0.39, 0.29) is 50.2 Å². The van der Waals surface area contributed by atoms with E-state index in [1.165, 1.54) is 154 Å². The summed E-state index contributed by atoms with van der Waals surface area (Å²) < 4.78 is 0. The van der Waals surface area contributed by atoms with Gasteiger partial charge in [-0.05, 0) is 211 Å². The molecule has 0 saturated heterocycles. The molecule has 4 heterocycles. The third kappa shape index (κ3) is 9.03. The average Bonchev–Trinajstić information content (AvgIpc) is 1.58. The van der Waals surface area contributed by atoms with Gasteiger partial charge in [-0.2, -0.15) is 0 Å². The SMILES string of the molecule is CC(C)(C)c1ccc(N2c3ccc(N4c5ccc(C(C)(C)C)cc5C5(C)CCCCC45C)cc3B3c4cc(C(C)(C)C)ccc4N(c4ccc(C(C)(C)C)cc4-c4ccccc4)c4cc(N5c6ccc(C(C)(C)C)cc6C6(C)CCc7ccccc7C56C)cc2c43)cc1. The standard InChI is InChI=1S/C88H99BN4/c1-80(2,3)58-31-37-63(38-32-58)90-75-44-39-64(92-73-41-34-60(82(7,8)9)50-68(73)85(16)46-25-26-47-87(85,92)18)53-71(75)89-70-52-62(84(13,14)15)36-43-76(70)91(72-40-33-59(81(4,5)6)49-66(72)56-27-21-20-22-28-56)78-55-65(54-77(90)79(78)89)93-74-42-35-61(83(10,11)12)51-69(74)86(17)48-45-57-29-23-24-30-67(57)88(86,93)19/h20-24,27-44,49-55H,25-26,45-48H2,1-19H3. The van der Waals surface area contributed by atoms with Crippen molar-refractivity contribution in [1.29, 1.82) is 0 Å². The molecule has 93 heavy (non-hydrogen) atoms. The minimum atomic E-state index is -0.451. The minimum Gasteiger partial charge on any atom is -0.334 e. The van der Waals surface area contributed by atoms with Crippen LogP contribution in [0, 0.1) is 0 Å². The van der Waals surface area contributed by atoms with Gasteiger partial charge in [0.25, 0.3) is 6.71 Å². The molecule has 0 N–H and O–H groups in total. The quantitative estimate of drug-likeness (QED) is 0.159. The van der Waals surface area contributed by atoms with E-state index in [4.69, 9.17) is 0 Å². The molecule has 6 aliphatic rings. The van der Waals surface area contributed by atoms with E-state index < -0.39 is 5.54 Å². The third-order valence-corrected chi connectivity index (χ3v) is 24.2. The van der Waals surface area contributed by atoms with Gasteiger partial charge in [-0.1, -0.05) is 240 Å². The molecule has 0 aromatic heterocycles. The number of benzene rings is 9. The molecular formula is C88H99BN4. The van der Waals surface area contributed by atoms with Gasteiger partial charge >= 0.3 is 0 Å². The van der Waals surface area contributed by atoms with E-state index in [1.54, 1.807) is 0 Å². The monoisotopic (exact) mass is 1220 g/mol. The second kappa shape index (κ2) is 20.4. The Bertz CT molecular complexity index is 4520. The van der Waals surface area contributed by atoms with Crippen molar-refractivity contribution >= 4 is 80.0 Å². The van der Waals surface area contributed by atoms with Crippen molar-refractivity contribution in [2.45, 2.75) is 219 Å². The fourth-order valence-electron chi connectivity index (χ4n) is 18.2. The van der Waals surface area contributed by atoms with Crippen LogP contribution < -0.4 is 36.0 Å². The first kappa shape index (κ1) is 61.4. The molecule has 1 saturated carbocycles. The predicted octanol–water partition coefficient (Wildman–Crippen LogP) is 21.9. The van der Waals surface area contributed by atoms with Crippen LogP contribution >= 0.6 is 0 Å². The summed E-state index contributed by atoms with van der Waals surface area (Å²) in [7, 11) is 0. The Morgan fingerprint density at radius 3 is 1.44 bits per heavy atom. The lowest BCUT2D eigenvalue weighted by Gasteiger charge is -2.52. The summed E-state index contributed by atoms with van der Waals surface area (Å²) in [6.07, 6.45) is 6.86. The molecule has 0 radical (unpaired) electrons. The maximum atomic E-state index is 2.83. The number of hydrogen-bond acceptors (Lipinski definition) is 4. The molecule has 4 nitrogen and oxygen atoms in total. The smallest absolute Gasteiger partial charge is 0.252 e. The van der Waals surface area contributed by atoms with Crippen LogP contribution in [0.3, 0.4) is 0 Å². The molecule has 474 valence electrons. The third-order valence-electron chi connectivity index (χ3n) is 24.2. The van der Waals surface area contributed by atoms with Crippen molar-refractivity contribution in [3.8, 4) is 11.1 Å². The number of anilines is 10. The van der Waals surface area contributed by atoms with Crippen LogP contribution in [0.1, 0.15) is 214 Å². The van der Waals surface area contributed by atoms with E-state index in [9.17, 15) is 0 Å². The maximum Gasteiger partial charge on any atom is 0.252 e. The van der Waals surface area contributed by atoms with Crippen LogP contribution in [0.25, 0.3) is 11.1 Å². The fraction of sp³-hybridized carbons (Fsp3) is 0.386. The highest BCUT2D eigenvalue weighted by atomic mass is 15.3. The van der Waals surface area contributed by atoms with Crippen LogP contribution in [0.4, 0.5) is 56.9 Å². The number of fused-ring (bicyclic) bond motifs is 12. The number of rotatable bonds is 5. The highest BCUT2D eigenvalue weighted by Crippen LogP contribution is 2.66. The van der Waals surface area contributed by atoms with E-state index in [0.717, 1.165) is 19.3 Å². The van der Waals surface area contributed by atoms with Gasteiger partial charge in [0.2, 0.25) is 0 Å². The molecule has 15 rings (SSSR count). The van der Waals surface area contributed by atoms with Gasteiger partial charge in [0.15, 0.2) is 0 Å². The van der Waals surface area contributed by atoms with E-state index >= 15 is 0 Å². The Labute approximate surface area is 558 Å². The molecule has 9 aromatic carbocycles. The van der Waals surface area contributed by atoms with Crippen LogP contribution in [0.15, 0.2) is 182 Å². The van der Waals surface area contributed by atoms with E-state index in [2.05, 4.69) is 333 Å². The van der Waals surface area contributed by atoms with Gasteiger partial charge in [-0.25, -0.2) is 0 Å². The van der Waals surface area contributed by atoms with Crippen molar-refractivity contribution in [3.63, 3.8) is 0 Å². The summed E-state index contributed by atoms with van der Waals surface area (Å²) in [6, 6.07) is 73.4. The Balaban J connectivity index is 1.08. The van der Waals surface area contributed by atoms with Crippen molar-refractivity contribution in [3.05, 3.63) is 232 Å². The summed E-state index contributed by atoms with van der Waals surface area (Å²) in [6.45, 7) is 45.8. The van der Waals surface area contributed by atoms with Gasteiger partial charge in [-0.3, -0.25) is 0 Å². The summed E-state index contributed by atoms with van der Waals surface area (Å²) >= 11 is 0. The zero-order valence-electron chi connectivity index (χ0n) is 59.4. The zero-order valence-corrected chi connectivity index (χ0v) is 59.4. The van der Waals surface area contributed by atoms with Gasteiger partial charge < -0.3 is 19.6 Å². The van der Waals surface area contributed by atoms with Crippen LogP contribution in [0.5, 0.6) is 0 Å². The van der Waals surface area contributed by atoms with Gasteiger partial charge in [-0.15, -0.1) is 0 Å². The highest BCUT2D eigenvalue weighted by Gasteiger charge is 2.61. The first-order valence-electron chi connectivity index (χ1n) is 35.1. The highest BCUT2D eigenvalue weighted by molar-refractivity contribution is 7.00. The normalized spacial score (nSPS) is 22.2. The molecule has 2 aliphatic carbocycles. The van der Waals surface area contributed by atoms with Crippen LogP contribution in [-0.2, 0) is 49.9 Å². The minimum absolute atomic E-state index is 0.0233. The Morgan fingerprint density at radius 2 is 0.817 bits per heavy atom. The Kier molecular flexibility index (Phi) is 13.5. The lowest BCUT2D eigenvalue weighted by atomic mass is 9.33. The summed E-state index contributed by atoms with van der Waals surface area (Å²) in [4.78, 5) is 11.1. The van der Waals surface area contributed by atoms with E-state index in [0.29, 0.717) is 0 Å². The average molecular weight is 1220 g/mol. The van der Waals surface area contributed by atoms with Crippen molar-refractivity contribution in [2.24, 2.45) is 0 Å². The zero-order chi connectivity index (χ0) is 65.7. The lowest BCUT2D eigenvalue weighted by Crippen LogP contribution is -2.62. The molecule has 4 unspecified atom stereocenters. The number of nitrogens with zero attached hydrogens (tertiary/aromatic N) is 4. The van der Waals surface area contributed by atoms with Gasteiger partial charge in [0.05, 0.1) is 16.8 Å². The maximum absolute atomic E-state index is 2.83. The Hall–Kier alpha value is -7.76. The van der Waals surface area contributed by atoms with Crippen LogP contribution in [-0.4, -0.2) is 12.3 Å². The summed E-state index contributed by atoms with van der Waals surface area (Å²) in [5.41, 5.74) is 30.5. The first-order valence-corrected chi connectivity index (χ1v) is 35.1. The predicted molar refractivity (Wildman–Crippen MR) is 400 cm³/mol. The first-order chi connectivity index (χ1) is 43.8. The largest absolute Gasteiger partial charge is 0.334 e. The Morgan fingerprint density at radius 1 is 0.344 bits per heavy atom. The lowest BCUT2D eigenvalue weighted by molar-refractivity contribution is 0.195. The molecule has 1 fully saturated rings. The second-order valence-electron chi connectivity index (χ2n) is 34.9. The molecule has 4 atom stereocenters. The number of hydrogen-bond donors (Lipinski definition) is 0.